The van der Waals surface area contributed by atoms with Gasteiger partial charge in [-0.2, -0.15) is 0 Å². The lowest BCUT2D eigenvalue weighted by Crippen LogP contribution is -2.48. The second-order valence-corrected chi connectivity index (χ2v) is 7.54. The van der Waals surface area contributed by atoms with E-state index in [-0.39, 0.29) is 19.4 Å². The van der Waals surface area contributed by atoms with E-state index in [9.17, 15) is 24.0 Å². The fourth-order valence-electron chi connectivity index (χ4n) is 2.42. The highest BCUT2D eigenvalue weighted by atomic mass is 16.7. The van der Waals surface area contributed by atoms with E-state index >= 15 is 0 Å². The van der Waals surface area contributed by atoms with E-state index < -0.39 is 47.9 Å². The molecule has 0 bridgehead atoms. The molecule has 0 aliphatic carbocycles. The molecule has 0 aromatic heterocycles. The van der Waals surface area contributed by atoms with Crippen LogP contribution in [0.1, 0.15) is 45.6 Å². The number of benzene rings is 1. The Bertz CT molecular complexity index is 800. The molecule has 1 aromatic rings. The second-order valence-electron chi connectivity index (χ2n) is 7.54. The molecule has 0 radical (unpaired) electrons. The number of nitrogens with one attached hydrogen (secondary N) is 1. The number of carbonyl (C=O) groups excluding carboxylic acids is 5. The van der Waals surface area contributed by atoms with Gasteiger partial charge in [0.1, 0.15) is 18.2 Å². The average molecular weight is 420 g/mol. The van der Waals surface area contributed by atoms with Crippen LogP contribution in [0.15, 0.2) is 30.3 Å². The molecule has 162 valence electrons. The molecule has 1 aliphatic rings. The molecule has 1 heterocycles. The summed E-state index contributed by atoms with van der Waals surface area (Å²) in [7, 11) is 0. The van der Waals surface area contributed by atoms with Crippen LogP contribution in [0.5, 0.6) is 0 Å². The van der Waals surface area contributed by atoms with Crippen LogP contribution in [0.4, 0.5) is 4.79 Å². The summed E-state index contributed by atoms with van der Waals surface area (Å²) in [4.78, 5) is 64.8. The van der Waals surface area contributed by atoms with Crippen molar-refractivity contribution in [3.05, 3.63) is 35.9 Å². The molecule has 10 heteroatoms. The predicted molar refractivity (Wildman–Crippen MR) is 101 cm³/mol. The maximum absolute atomic E-state index is 12.5. The van der Waals surface area contributed by atoms with Gasteiger partial charge in [-0.3, -0.25) is 14.4 Å². The molecule has 0 saturated carbocycles. The van der Waals surface area contributed by atoms with Crippen molar-refractivity contribution in [1.82, 2.24) is 10.4 Å². The molecule has 1 N–H and O–H groups in total. The van der Waals surface area contributed by atoms with Crippen molar-refractivity contribution in [3.63, 3.8) is 0 Å². The summed E-state index contributed by atoms with van der Waals surface area (Å²) < 4.78 is 10.2. The number of rotatable bonds is 7. The van der Waals surface area contributed by atoms with Crippen molar-refractivity contribution in [2.24, 2.45) is 0 Å². The maximum Gasteiger partial charge on any atom is 0.408 e. The number of alkyl carbamates (subject to hydrolysis) is 1. The number of carbonyl (C=O) groups is 5. The van der Waals surface area contributed by atoms with E-state index in [0.717, 1.165) is 5.56 Å². The Morgan fingerprint density at radius 1 is 1.07 bits per heavy atom. The molecule has 1 aromatic carbocycles. The standard InChI is InChI=1S/C20H24N2O8/c1-20(2,3)29-19(27)21-14(18(26)30-22-15(23)9-10-16(22)24)11-17(25)28-12-13-7-5-4-6-8-13/h4-8,14H,9-12H2,1-3H3,(H,21,27)/t14-/m1/s1. The summed E-state index contributed by atoms with van der Waals surface area (Å²) in [5, 5.41) is 2.55. The van der Waals surface area contributed by atoms with E-state index in [1.54, 1.807) is 45.0 Å². The predicted octanol–water partition coefficient (Wildman–Crippen LogP) is 1.62. The van der Waals surface area contributed by atoms with E-state index in [2.05, 4.69) is 5.32 Å². The molecule has 30 heavy (non-hydrogen) atoms. The third kappa shape index (κ3) is 7.19. The summed E-state index contributed by atoms with van der Waals surface area (Å²) in [6.07, 6.45) is -1.73. The van der Waals surface area contributed by atoms with Gasteiger partial charge in [0.2, 0.25) is 0 Å². The van der Waals surface area contributed by atoms with Gasteiger partial charge in [0.25, 0.3) is 11.8 Å². The van der Waals surface area contributed by atoms with Crippen molar-refractivity contribution >= 4 is 29.8 Å². The first-order valence-electron chi connectivity index (χ1n) is 9.32. The highest BCUT2D eigenvalue weighted by Crippen LogP contribution is 2.14. The first-order valence-corrected chi connectivity index (χ1v) is 9.32. The Kier molecular flexibility index (Phi) is 7.51. The number of hydrogen-bond donors (Lipinski definition) is 1. The van der Waals surface area contributed by atoms with Gasteiger partial charge in [-0.1, -0.05) is 30.3 Å². The first kappa shape index (κ1) is 22.9. The van der Waals surface area contributed by atoms with Gasteiger partial charge >= 0.3 is 18.0 Å². The Balaban J connectivity index is 2.02. The minimum absolute atomic E-state index is 0.0308. The van der Waals surface area contributed by atoms with E-state index in [1.165, 1.54) is 0 Å². The van der Waals surface area contributed by atoms with Gasteiger partial charge in [-0.15, -0.1) is 5.06 Å². The Labute approximate surface area is 173 Å². The van der Waals surface area contributed by atoms with Crippen molar-refractivity contribution in [3.8, 4) is 0 Å². The van der Waals surface area contributed by atoms with Crippen LogP contribution < -0.4 is 5.32 Å². The van der Waals surface area contributed by atoms with Crippen LogP contribution in [0.3, 0.4) is 0 Å². The summed E-state index contributed by atoms with van der Waals surface area (Å²) >= 11 is 0. The minimum atomic E-state index is -1.52. The first-order chi connectivity index (χ1) is 14.0. The zero-order valence-corrected chi connectivity index (χ0v) is 17.0. The Morgan fingerprint density at radius 3 is 2.23 bits per heavy atom. The zero-order chi connectivity index (χ0) is 22.3. The molecule has 0 unspecified atom stereocenters. The van der Waals surface area contributed by atoms with E-state index in [4.69, 9.17) is 14.3 Å². The third-order valence-electron chi connectivity index (χ3n) is 3.78. The number of esters is 1. The Hall–Kier alpha value is -3.43. The fourth-order valence-corrected chi connectivity index (χ4v) is 2.42. The van der Waals surface area contributed by atoms with Crippen molar-refractivity contribution in [1.29, 1.82) is 0 Å². The number of nitrogens with zero attached hydrogens (tertiary/aromatic N) is 1. The van der Waals surface area contributed by atoms with Crippen LogP contribution in [0.2, 0.25) is 0 Å². The topological polar surface area (TPSA) is 128 Å². The van der Waals surface area contributed by atoms with Gasteiger partial charge in [0.05, 0.1) is 6.42 Å². The van der Waals surface area contributed by atoms with Crippen molar-refractivity contribution in [2.75, 3.05) is 0 Å². The van der Waals surface area contributed by atoms with Gasteiger partial charge < -0.3 is 19.6 Å². The second kappa shape index (κ2) is 9.86. The number of imide groups is 1. The van der Waals surface area contributed by atoms with Crippen molar-refractivity contribution < 1.29 is 38.3 Å². The average Bonchev–Trinajstić information content (AvgIpc) is 2.97. The van der Waals surface area contributed by atoms with Crippen molar-refractivity contribution in [2.45, 2.75) is 58.3 Å². The van der Waals surface area contributed by atoms with Crippen LogP contribution in [0.25, 0.3) is 0 Å². The third-order valence-corrected chi connectivity index (χ3v) is 3.78. The monoisotopic (exact) mass is 420 g/mol. The molecule has 3 amide bonds. The van der Waals surface area contributed by atoms with Gasteiger partial charge in [-0.05, 0) is 26.3 Å². The summed E-state index contributed by atoms with van der Waals surface area (Å²) in [5.41, 5.74) is -0.119. The van der Waals surface area contributed by atoms with Crippen LogP contribution >= 0.6 is 0 Å². The maximum atomic E-state index is 12.5. The van der Waals surface area contributed by atoms with Crippen LogP contribution in [0, 0.1) is 0 Å². The van der Waals surface area contributed by atoms with Gasteiger partial charge in [0, 0.05) is 12.8 Å². The number of hydroxylamine groups is 2. The molecule has 10 nitrogen and oxygen atoms in total. The lowest BCUT2D eigenvalue weighted by molar-refractivity contribution is -0.199. The molecule has 1 atom stereocenters. The zero-order valence-electron chi connectivity index (χ0n) is 17.0. The lowest BCUT2D eigenvalue weighted by Gasteiger charge is -2.23. The summed E-state index contributed by atoms with van der Waals surface area (Å²) in [6, 6.07) is 7.34. The fraction of sp³-hybridized carbons (Fsp3) is 0.450. The van der Waals surface area contributed by atoms with Gasteiger partial charge in [0.15, 0.2) is 0 Å². The molecule has 0 spiro atoms. The molecule has 1 aliphatic heterocycles. The highest BCUT2D eigenvalue weighted by Gasteiger charge is 2.36. The molecular weight excluding hydrogens is 396 g/mol. The minimum Gasteiger partial charge on any atom is -0.461 e. The largest absolute Gasteiger partial charge is 0.461 e. The SMILES string of the molecule is CC(C)(C)OC(=O)N[C@H](CC(=O)OCc1ccccc1)C(=O)ON1C(=O)CCC1=O. The normalized spacial score (nSPS) is 14.8. The summed E-state index contributed by atoms with van der Waals surface area (Å²) in [6.45, 7) is 4.83. The van der Waals surface area contributed by atoms with E-state index in [0.29, 0.717) is 5.06 Å². The Morgan fingerprint density at radius 2 is 1.67 bits per heavy atom. The van der Waals surface area contributed by atoms with Gasteiger partial charge in [-0.25, -0.2) is 9.59 Å². The quantitative estimate of drug-likeness (QED) is 0.521. The molecule has 2 rings (SSSR count). The van der Waals surface area contributed by atoms with Crippen LogP contribution in [-0.2, 0) is 40.1 Å². The smallest absolute Gasteiger partial charge is 0.408 e. The molecule has 1 saturated heterocycles. The number of hydrogen-bond acceptors (Lipinski definition) is 8. The molecular formula is C20H24N2O8. The lowest BCUT2D eigenvalue weighted by atomic mass is 10.2. The highest BCUT2D eigenvalue weighted by molar-refractivity contribution is 6.02. The number of ether oxygens (including phenoxy) is 2. The molecule has 1 fully saturated rings. The van der Waals surface area contributed by atoms with Crippen LogP contribution in [-0.4, -0.2) is 46.6 Å². The summed E-state index contributed by atoms with van der Waals surface area (Å²) in [5.74, 6) is -3.33. The number of amides is 3. The van der Waals surface area contributed by atoms with E-state index in [1.807, 2.05) is 6.07 Å².